The van der Waals surface area contributed by atoms with Gasteiger partial charge in [-0.25, -0.2) is 0 Å². The van der Waals surface area contributed by atoms with Crippen LogP contribution in [0.3, 0.4) is 0 Å². The molecule has 1 atom stereocenters. The minimum atomic E-state index is 0.0904. The van der Waals surface area contributed by atoms with Crippen LogP contribution < -0.4 is 0 Å². The Morgan fingerprint density at radius 2 is 1.92 bits per heavy atom. The molecule has 0 radical (unpaired) electrons. The Morgan fingerprint density at radius 3 is 2.31 bits per heavy atom. The first-order chi connectivity index (χ1) is 5.97. The van der Waals surface area contributed by atoms with E-state index in [0.29, 0.717) is 6.54 Å². The fourth-order valence-corrected chi connectivity index (χ4v) is 1.03. The molecule has 0 heterocycles. The third kappa shape index (κ3) is 5.60. The predicted molar refractivity (Wildman–Crippen MR) is 52.4 cm³/mol. The second-order valence-corrected chi connectivity index (χ2v) is 3.77. The topological polar surface area (TPSA) is 43.8 Å². The molecule has 0 aliphatic carbocycles. The van der Waals surface area contributed by atoms with Crippen LogP contribution in [-0.2, 0) is 4.79 Å². The standard InChI is InChI=1S/C9H20N2O2/c1-8(7-12)5-11(4)6-9(13)10(2)3/h8,12H,5-7H2,1-4H3. The van der Waals surface area contributed by atoms with Gasteiger partial charge in [-0.3, -0.25) is 9.69 Å². The number of amides is 1. The Balaban J connectivity index is 3.74. The maximum Gasteiger partial charge on any atom is 0.236 e. The molecule has 0 fully saturated rings. The van der Waals surface area contributed by atoms with E-state index in [4.69, 9.17) is 5.11 Å². The number of carbonyl (C=O) groups excluding carboxylic acids is 1. The number of likely N-dealkylation sites (N-methyl/N-ethyl adjacent to an activating group) is 2. The molecule has 1 unspecified atom stereocenters. The molecule has 0 rings (SSSR count). The van der Waals surface area contributed by atoms with Crippen molar-refractivity contribution in [2.45, 2.75) is 6.92 Å². The van der Waals surface area contributed by atoms with Crippen molar-refractivity contribution in [2.24, 2.45) is 5.92 Å². The van der Waals surface area contributed by atoms with Gasteiger partial charge in [0.05, 0.1) is 6.54 Å². The molecule has 0 spiro atoms. The van der Waals surface area contributed by atoms with Crippen LogP contribution in [0.25, 0.3) is 0 Å². The van der Waals surface area contributed by atoms with Gasteiger partial charge in [0.15, 0.2) is 0 Å². The smallest absolute Gasteiger partial charge is 0.236 e. The van der Waals surface area contributed by atoms with Gasteiger partial charge >= 0.3 is 0 Å². The van der Waals surface area contributed by atoms with Crippen molar-refractivity contribution < 1.29 is 9.90 Å². The van der Waals surface area contributed by atoms with Gasteiger partial charge in [0.2, 0.25) is 5.91 Å². The van der Waals surface area contributed by atoms with Crippen LogP contribution in [0.15, 0.2) is 0 Å². The average Bonchev–Trinajstić information content (AvgIpc) is 2.03. The third-order valence-electron chi connectivity index (χ3n) is 1.84. The number of carbonyl (C=O) groups is 1. The lowest BCUT2D eigenvalue weighted by molar-refractivity contribution is -0.129. The number of aliphatic hydroxyl groups is 1. The van der Waals surface area contributed by atoms with Crippen LogP contribution >= 0.6 is 0 Å². The molecule has 0 aliphatic heterocycles. The minimum Gasteiger partial charge on any atom is -0.396 e. The van der Waals surface area contributed by atoms with Gasteiger partial charge < -0.3 is 10.0 Å². The summed E-state index contributed by atoms with van der Waals surface area (Å²) in [6, 6.07) is 0. The van der Waals surface area contributed by atoms with E-state index < -0.39 is 0 Å². The fourth-order valence-electron chi connectivity index (χ4n) is 1.03. The monoisotopic (exact) mass is 188 g/mol. The molecule has 0 aliphatic rings. The van der Waals surface area contributed by atoms with Gasteiger partial charge in [0, 0.05) is 27.2 Å². The summed E-state index contributed by atoms with van der Waals surface area (Å²) in [5, 5.41) is 8.80. The Labute approximate surface area is 80.1 Å². The van der Waals surface area contributed by atoms with Crippen LogP contribution in [0.4, 0.5) is 0 Å². The van der Waals surface area contributed by atoms with E-state index in [0.717, 1.165) is 6.54 Å². The van der Waals surface area contributed by atoms with Crippen LogP contribution in [0.1, 0.15) is 6.92 Å². The molecule has 4 heteroatoms. The van der Waals surface area contributed by atoms with E-state index in [-0.39, 0.29) is 18.4 Å². The molecule has 1 N–H and O–H groups in total. The zero-order valence-corrected chi connectivity index (χ0v) is 8.95. The molecule has 0 saturated carbocycles. The molecule has 0 aromatic heterocycles. The molecule has 1 amide bonds. The predicted octanol–water partition coefficient (Wildman–Crippen LogP) is -0.365. The SMILES string of the molecule is CC(CO)CN(C)CC(=O)N(C)C. The molecule has 13 heavy (non-hydrogen) atoms. The van der Waals surface area contributed by atoms with Crippen LogP contribution in [-0.4, -0.2) is 61.7 Å². The normalized spacial score (nSPS) is 13.1. The Kier molecular flexibility index (Phi) is 5.66. The van der Waals surface area contributed by atoms with Crippen molar-refractivity contribution >= 4 is 5.91 Å². The van der Waals surface area contributed by atoms with Crippen molar-refractivity contribution in [3.8, 4) is 0 Å². The Bertz CT molecular complexity index is 160. The van der Waals surface area contributed by atoms with E-state index in [1.165, 1.54) is 0 Å². The van der Waals surface area contributed by atoms with Crippen molar-refractivity contribution in [1.82, 2.24) is 9.80 Å². The summed E-state index contributed by atoms with van der Waals surface area (Å²) in [6.45, 7) is 3.28. The van der Waals surface area contributed by atoms with Crippen molar-refractivity contribution in [2.75, 3.05) is 40.8 Å². The lowest BCUT2D eigenvalue weighted by atomic mass is 10.2. The summed E-state index contributed by atoms with van der Waals surface area (Å²) in [6.07, 6.45) is 0. The van der Waals surface area contributed by atoms with Gasteiger partial charge in [-0.1, -0.05) is 6.92 Å². The molecule has 78 valence electrons. The molecule has 0 aromatic carbocycles. The van der Waals surface area contributed by atoms with Crippen LogP contribution in [0, 0.1) is 5.92 Å². The highest BCUT2D eigenvalue weighted by atomic mass is 16.3. The number of hydrogen-bond acceptors (Lipinski definition) is 3. The van der Waals surface area contributed by atoms with E-state index in [9.17, 15) is 4.79 Å². The summed E-state index contributed by atoms with van der Waals surface area (Å²) in [5.74, 6) is 0.313. The second kappa shape index (κ2) is 5.94. The highest BCUT2D eigenvalue weighted by Gasteiger charge is 2.10. The van der Waals surface area contributed by atoms with Gasteiger partial charge in [-0.15, -0.1) is 0 Å². The van der Waals surface area contributed by atoms with Gasteiger partial charge in [-0.2, -0.15) is 0 Å². The zero-order chi connectivity index (χ0) is 10.4. The van der Waals surface area contributed by atoms with Crippen LogP contribution in [0.5, 0.6) is 0 Å². The number of hydrogen-bond donors (Lipinski definition) is 1. The van der Waals surface area contributed by atoms with Crippen molar-refractivity contribution in [3.63, 3.8) is 0 Å². The highest BCUT2D eigenvalue weighted by Crippen LogP contribution is 1.96. The number of nitrogens with zero attached hydrogens (tertiary/aromatic N) is 2. The average molecular weight is 188 g/mol. The van der Waals surface area contributed by atoms with E-state index in [2.05, 4.69) is 0 Å². The first-order valence-electron chi connectivity index (χ1n) is 4.47. The minimum absolute atomic E-state index is 0.0904. The van der Waals surface area contributed by atoms with Crippen molar-refractivity contribution in [3.05, 3.63) is 0 Å². The summed E-state index contributed by atoms with van der Waals surface area (Å²) < 4.78 is 0. The molecular weight excluding hydrogens is 168 g/mol. The van der Waals surface area contributed by atoms with E-state index in [1.54, 1.807) is 19.0 Å². The number of aliphatic hydroxyl groups excluding tert-OH is 1. The molecular formula is C9H20N2O2. The molecule has 0 saturated heterocycles. The molecule has 0 bridgehead atoms. The summed E-state index contributed by atoms with van der Waals surface area (Å²) >= 11 is 0. The van der Waals surface area contributed by atoms with E-state index in [1.807, 2.05) is 18.9 Å². The van der Waals surface area contributed by atoms with Gasteiger partial charge in [0.25, 0.3) is 0 Å². The molecule has 4 nitrogen and oxygen atoms in total. The Morgan fingerprint density at radius 1 is 1.38 bits per heavy atom. The summed E-state index contributed by atoms with van der Waals surface area (Å²) in [7, 11) is 5.37. The summed E-state index contributed by atoms with van der Waals surface area (Å²) in [4.78, 5) is 14.7. The first-order valence-corrected chi connectivity index (χ1v) is 4.47. The fraction of sp³-hybridized carbons (Fsp3) is 0.889. The maximum absolute atomic E-state index is 11.2. The summed E-state index contributed by atoms with van der Waals surface area (Å²) in [5.41, 5.74) is 0. The third-order valence-corrected chi connectivity index (χ3v) is 1.84. The Hall–Kier alpha value is -0.610. The largest absolute Gasteiger partial charge is 0.396 e. The lowest BCUT2D eigenvalue weighted by Gasteiger charge is -2.21. The second-order valence-electron chi connectivity index (χ2n) is 3.77. The van der Waals surface area contributed by atoms with Crippen LogP contribution in [0.2, 0.25) is 0 Å². The van der Waals surface area contributed by atoms with Gasteiger partial charge in [0.1, 0.15) is 0 Å². The quantitative estimate of drug-likeness (QED) is 0.640. The van der Waals surface area contributed by atoms with E-state index >= 15 is 0 Å². The first kappa shape index (κ1) is 12.4. The number of rotatable bonds is 5. The lowest BCUT2D eigenvalue weighted by Crippen LogP contribution is -2.36. The molecule has 0 aromatic rings. The van der Waals surface area contributed by atoms with Gasteiger partial charge in [-0.05, 0) is 13.0 Å². The van der Waals surface area contributed by atoms with Crippen molar-refractivity contribution in [1.29, 1.82) is 0 Å². The highest BCUT2D eigenvalue weighted by molar-refractivity contribution is 5.77. The maximum atomic E-state index is 11.2. The zero-order valence-electron chi connectivity index (χ0n) is 8.95.